The van der Waals surface area contributed by atoms with Gasteiger partial charge in [0.25, 0.3) is 0 Å². The van der Waals surface area contributed by atoms with Crippen molar-refractivity contribution >= 4 is 17.5 Å². The van der Waals surface area contributed by atoms with E-state index in [0.717, 1.165) is 11.4 Å². The SMILES string of the molecule is C#CCNC(=O)C1CCc2nnc(-c3ccc(Cl)nc3)n21. The van der Waals surface area contributed by atoms with Crippen molar-refractivity contribution in [3.05, 3.63) is 29.3 Å². The third-order valence-corrected chi connectivity index (χ3v) is 3.60. The van der Waals surface area contributed by atoms with Crippen LogP contribution in [-0.4, -0.2) is 32.2 Å². The smallest absolute Gasteiger partial charge is 0.243 e. The zero-order valence-electron chi connectivity index (χ0n) is 11.1. The number of halogens is 1. The van der Waals surface area contributed by atoms with Gasteiger partial charge in [-0.05, 0) is 18.6 Å². The minimum absolute atomic E-state index is 0.116. The summed E-state index contributed by atoms with van der Waals surface area (Å²) in [6, 6.07) is 3.15. The summed E-state index contributed by atoms with van der Waals surface area (Å²) >= 11 is 5.79. The molecule has 3 heterocycles. The number of hydrogen-bond acceptors (Lipinski definition) is 4. The number of nitrogens with zero attached hydrogens (tertiary/aromatic N) is 4. The van der Waals surface area contributed by atoms with E-state index in [-0.39, 0.29) is 18.5 Å². The number of amides is 1. The van der Waals surface area contributed by atoms with E-state index < -0.39 is 0 Å². The average Bonchev–Trinajstić information content (AvgIpc) is 3.07. The van der Waals surface area contributed by atoms with E-state index in [9.17, 15) is 4.79 Å². The van der Waals surface area contributed by atoms with Crippen molar-refractivity contribution in [2.45, 2.75) is 18.9 Å². The topological polar surface area (TPSA) is 72.7 Å². The Balaban J connectivity index is 1.95. The summed E-state index contributed by atoms with van der Waals surface area (Å²) in [7, 11) is 0. The van der Waals surface area contributed by atoms with Crippen molar-refractivity contribution in [1.82, 2.24) is 25.1 Å². The largest absolute Gasteiger partial charge is 0.343 e. The summed E-state index contributed by atoms with van der Waals surface area (Å²) in [5.74, 6) is 3.69. The second kappa shape index (κ2) is 5.54. The molecule has 0 radical (unpaired) electrons. The molecule has 0 bridgehead atoms. The van der Waals surface area contributed by atoms with Gasteiger partial charge in [0.05, 0.1) is 6.54 Å². The molecule has 2 aromatic rings. The van der Waals surface area contributed by atoms with Gasteiger partial charge in [0.1, 0.15) is 17.0 Å². The van der Waals surface area contributed by atoms with Gasteiger partial charge in [-0.1, -0.05) is 17.5 Å². The zero-order chi connectivity index (χ0) is 14.8. The van der Waals surface area contributed by atoms with Crippen LogP contribution in [0.1, 0.15) is 18.3 Å². The maximum Gasteiger partial charge on any atom is 0.243 e. The summed E-state index contributed by atoms with van der Waals surface area (Å²) in [6.07, 6.45) is 8.19. The van der Waals surface area contributed by atoms with Crippen molar-refractivity contribution < 1.29 is 4.79 Å². The molecule has 3 rings (SSSR count). The monoisotopic (exact) mass is 301 g/mol. The molecule has 0 spiro atoms. The van der Waals surface area contributed by atoms with E-state index in [0.29, 0.717) is 23.8 Å². The quantitative estimate of drug-likeness (QED) is 0.683. The molecule has 2 aromatic heterocycles. The van der Waals surface area contributed by atoms with E-state index in [1.54, 1.807) is 18.3 Å². The molecule has 1 aliphatic rings. The van der Waals surface area contributed by atoms with Crippen LogP contribution >= 0.6 is 11.6 Å². The highest BCUT2D eigenvalue weighted by molar-refractivity contribution is 6.29. The standard InChI is InChI=1S/C14H12ClN5O/c1-2-7-16-14(21)10-4-6-12-18-19-13(20(10)12)9-3-5-11(15)17-8-9/h1,3,5,8,10H,4,6-7H2,(H,16,21). The Kier molecular flexibility index (Phi) is 3.59. The van der Waals surface area contributed by atoms with Crippen LogP contribution in [0.3, 0.4) is 0 Å². The second-order valence-corrected chi connectivity index (χ2v) is 5.04. The predicted molar refractivity (Wildman–Crippen MR) is 77.5 cm³/mol. The van der Waals surface area contributed by atoms with Crippen LogP contribution in [0, 0.1) is 12.3 Å². The molecule has 1 amide bonds. The molecular formula is C14H12ClN5O. The van der Waals surface area contributed by atoms with E-state index in [4.69, 9.17) is 18.0 Å². The number of pyridine rings is 1. The minimum atomic E-state index is -0.339. The van der Waals surface area contributed by atoms with Gasteiger partial charge in [-0.3, -0.25) is 9.36 Å². The van der Waals surface area contributed by atoms with Crippen molar-refractivity contribution in [3.63, 3.8) is 0 Å². The number of rotatable bonds is 3. The minimum Gasteiger partial charge on any atom is -0.343 e. The third kappa shape index (κ3) is 2.48. The van der Waals surface area contributed by atoms with E-state index in [2.05, 4.69) is 26.4 Å². The molecule has 0 fully saturated rings. The maximum atomic E-state index is 12.2. The second-order valence-electron chi connectivity index (χ2n) is 4.66. The van der Waals surface area contributed by atoms with Crippen LogP contribution in [0.2, 0.25) is 5.15 Å². The molecule has 1 aliphatic heterocycles. The molecule has 1 atom stereocenters. The first-order valence-electron chi connectivity index (χ1n) is 6.47. The summed E-state index contributed by atoms with van der Waals surface area (Å²) < 4.78 is 1.84. The van der Waals surface area contributed by atoms with E-state index >= 15 is 0 Å². The van der Waals surface area contributed by atoms with Gasteiger partial charge in [-0.15, -0.1) is 16.6 Å². The Bertz CT molecular complexity index is 716. The van der Waals surface area contributed by atoms with Crippen molar-refractivity contribution in [3.8, 4) is 23.7 Å². The lowest BCUT2D eigenvalue weighted by Gasteiger charge is -2.14. The van der Waals surface area contributed by atoms with Crippen LogP contribution in [0.15, 0.2) is 18.3 Å². The highest BCUT2D eigenvalue weighted by Crippen LogP contribution is 2.31. The Morgan fingerprint density at radius 3 is 3.10 bits per heavy atom. The van der Waals surface area contributed by atoms with Crippen molar-refractivity contribution in [2.75, 3.05) is 6.54 Å². The number of carbonyl (C=O) groups is 1. The average molecular weight is 302 g/mol. The summed E-state index contributed by atoms with van der Waals surface area (Å²) in [4.78, 5) is 16.2. The fourth-order valence-corrected chi connectivity index (χ4v) is 2.54. The number of aryl methyl sites for hydroxylation is 1. The van der Waals surface area contributed by atoms with Gasteiger partial charge < -0.3 is 5.32 Å². The molecule has 106 valence electrons. The lowest BCUT2D eigenvalue weighted by molar-refractivity contribution is -0.123. The lowest BCUT2D eigenvalue weighted by atomic mass is 10.2. The predicted octanol–water partition coefficient (Wildman–Crippen LogP) is 1.23. The van der Waals surface area contributed by atoms with Gasteiger partial charge in [0.15, 0.2) is 5.82 Å². The Morgan fingerprint density at radius 1 is 1.52 bits per heavy atom. The molecular weight excluding hydrogens is 290 g/mol. The van der Waals surface area contributed by atoms with Crippen LogP contribution in [0.4, 0.5) is 0 Å². The summed E-state index contributed by atoms with van der Waals surface area (Å²) in [5, 5.41) is 11.4. The van der Waals surface area contributed by atoms with Gasteiger partial charge in [0.2, 0.25) is 5.91 Å². The molecule has 0 saturated heterocycles. The molecule has 1 N–H and O–H groups in total. The first kappa shape index (κ1) is 13.6. The number of aromatic nitrogens is 4. The molecule has 0 saturated carbocycles. The molecule has 6 nitrogen and oxygen atoms in total. The molecule has 21 heavy (non-hydrogen) atoms. The molecule has 0 aliphatic carbocycles. The van der Waals surface area contributed by atoms with Gasteiger partial charge in [0, 0.05) is 18.2 Å². The molecule has 7 heteroatoms. The first-order chi connectivity index (χ1) is 10.2. The van der Waals surface area contributed by atoms with Crippen LogP contribution in [0.5, 0.6) is 0 Å². The van der Waals surface area contributed by atoms with Gasteiger partial charge in [-0.2, -0.15) is 0 Å². The van der Waals surface area contributed by atoms with Crippen molar-refractivity contribution in [1.29, 1.82) is 0 Å². The summed E-state index contributed by atoms with van der Waals surface area (Å²) in [5.41, 5.74) is 0.773. The normalized spacial score (nSPS) is 16.3. The number of terminal acetylenes is 1. The summed E-state index contributed by atoms with van der Waals surface area (Å²) in [6.45, 7) is 0.213. The number of fused-ring (bicyclic) bond motifs is 1. The fourth-order valence-electron chi connectivity index (χ4n) is 2.43. The Morgan fingerprint density at radius 2 is 2.38 bits per heavy atom. The van der Waals surface area contributed by atoms with E-state index in [1.807, 2.05) is 4.57 Å². The number of nitrogens with one attached hydrogen (secondary N) is 1. The first-order valence-corrected chi connectivity index (χ1v) is 6.85. The lowest BCUT2D eigenvalue weighted by Crippen LogP contribution is -2.31. The Labute approximate surface area is 126 Å². The maximum absolute atomic E-state index is 12.2. The highest BCUT2D eigenvalue weighted by atomic mass is 35.5. The number of carbonyl (C=O) groups excluding carboxylic acids is 1. The van der Waals surface area contributed by atoms with Crippen LogP contribution in [-0.2, 0) is 11.2 Å². The zero-order valence-corrected chi connectivity index (χ0v) is 11.8. The number of hydrogen-bond donors (Lipinski definition) is 1. The molecule has 1 unspecified atom stereocenters. The van der Waals surface area contributed by atoms with E-state index in [1.165, 1.54) is 0 Å². The fraction of sp³-hybridized carbons (Fsp3) is 0.286. The Hall–Kier alpha value is -2.39. The van der Waals surface area contributed by atoms with Crippen molar-refractivity contribution in [2.24, 2.45) is 0 Å². The third-order valence-electron chi connectivity index (χ3n) is 3.37. The van der Waals surface area contributed by atoms with Crippen LogP contribution < -0.4 is 5.32 Å². The molecule has 0 aromatic carbocycles. The van der Waals surface area contributed by atoms with Gasteiger partial charge in [-0.25, -0.2) is 4.98 Å². The highest BCUT2D eigenvalue weighted by Gasteiger charge is 2.32. The van der Waals surface area contributed by atoms with Gasteiger partial charge >= 0.3 is 0 Å². The van der Waals surface area contributed by atoms with Crippen LogP contribution in [0.25, 0.3) is 11.4 Å².